The van der Waals surface area contributed by atoms with Gasteiger partial charge in [0.15, 0.2) is 5.60 Å². The average Bonchev–Trinajstić information content (AvgIpc) is 2.57. The molecule has 0 fully saturated rings. The highest BCUT2D eigenvalue weighted by molar-refractivity contribution is 5.93. The molecule has 4 nitrogen and oxygen atoms in total. The maximum atomic E-state index is 13.0. The summed E-state index contributed by atoms with van der Waals surface area (Å²) in [5.41, 5.74) is -2.70. The largest absolute Gasteiger partial charge is 0.418 e. The number of fused-ring (bicyclic) bond motifs is 1. The molecule has 0 spiro atoms. The third-order valence-corrected chi connectivity index (χ3v) is 3.98. The van der Waals surface area contributed by atoms with Crippen molar-refractivity contribution < 1.29 is 18.3 Å². The number of alkyl halides is 3. The van der Waals surface area contributed by atoms with Crippen LogP contribution in [-0.2, 0) is 6.54 Å². The number of nitrogens with zero attached hydrogens (tertiary/aromatic N) is 2. The first-order chi connectivity index (χ1) is 11.7. The van der Waals surface area contributed by atoms with Crippen LogP contribution >= 0.6 is 0 Å². The van der Waals surface area contributed by atoms with Gasteiger partial charge >= 0.3 is 6.18 Å². The standard InChI is InChI=1S/C18H15F3N2O2/c1-17(25,18(19,20)21)11-23-16(24)14-10-6-5-9-13(14)15(22-23)12-7-3-2-4-8-12/h2-10,25H,11H2,1H3. The fourth-order valence-corrected chi connectivity index (χ4v) is 2.53. The molecular formula is C18H15F3N2O2. The summed E-state index contributed by atoms with van der Waals surface area (Å²) in [6.07, 6.45) is -4.88. The van der Waals surface area contributed by atoms with E-state index in [2.05, 4.69) is 5.10 Å². The number of halogens is 3. The number of rotatable bonds is 3. The Morgan fingerprint density at radius 2 is 1.56 bits per heavy atom. The molecule has 0 saturated heterocycles. The molecule has 2 aromatic carbocycles. The molecule has 1 atom stereocenters. The van der Waals surface area contributed by atoms with Crippen molar-refractivity contribution in [1.82, 2.24) is 9.78 Å². The second-order valence-corrected chi connectivity index (χ2v) is 5.99. The molecule has 3 rings (SSSR count). The summed E-state index contributed by atoms with van der Waals surface area (Å²) in [4.78, 5) is 12.5. The van der Waals surface area contributed by atoms with Crippen molar-refractivity contribution in [3.8, 4) is 11.3 Å². The Balaban J connectivity index is 2.25. The summed E-state index contributed by atoms with van der Waals surface area (Å²) >= 11 is 0. The SMILES string of the molecule is CC(O)(Cn1nc(-c2ccccc2)c2ccccc2c1=O)C(F)(F)F. The second-order valence-electron chi connectivity index (χ2n) is 5.99. The van der Waals surface area contributed by atoms with E-state index in [1.165, 1.54) is 6.07 Å². The number of hydrogen-bond acceptors (Lipinski definition) is 3. The van der Waals surface area contributed by atoms with Crippen LogP contribution in [0, 0.1) is 0 Å². The number of aromatic nitrogens is 2. The highest BCUT2D eigenvalue weighted by Crippen LogP contribution is 2.31. The molecule has 3 aromatic rings. The maximum Gasteiger partial charge on any atom is 0.418 e. The topological polar surface area (TPSA) is 55.1 Å². The van der Waals surface area contributed by atoms with Crippen LogP contribution in [0.25, 0.3) is 22.0 Å². The van der Waals surface area contributed by atoms with E-state index in [0.29, 0.717) is 28.2 Å². The van der Waals surface area contributed by atoms with E-state index in [1.54, 1.807) is 48.5 Å². The summed E-state index contributed by atoms with van der Waals surface area (Å²) in [5, 5.41) is 14.6. The van der Waals surface area contributed by atoms with E-state index in [-0.39, 0.29) is 5.39 Å². The highest BCUT2D eigenvalue weighted by atomic mass is 19.4. The Bertz CT molecular complexity index is 963. The Morgan fingerprint density at radius 3 is 2.16 bits per heavy atom. The lowest BCUT2D eigenvalue weighted by Crippen LogP contribution is -2.48. The fourth-order valence-electron chi connectivity index (χ4n) is 2.53. The molecule has 1 heterocycles. The van der Waals surface area contributed by atoms with E-state index in [9.17, 15) is 23.1 Å². The van der Waals surface area contributed by atoms with Gasteiger partial charge in [-0.25, -0.2) is 4.68 Å². The number of hydrogen-bond donors (Lipinski definition) is 1. The van der Waals surface area contributed by atoms with Crippen LogP contribution in [0.1, 0.15) is 6.92 Å². The third kappa shape index (κ3) is 3.15. The lowest BCUT2D eigenvalue weighted by Gasteiger charge is -2.26. The molecule has 7 heteroatoms. The number of benzene rings is 2. The van der Waals surface area contributed by atoms with E-state index < -0.39 is 23.9 Å². The van der Waals surface area contributed by atoms with Crippen molar-refractivity contribution in [2.75, 3.05) is 0 Å². The Kier molecular flexibility index (Phi) is 4.12. The first-order valence-electron chi connectivity index (χ1n) is 7.55. The molecule has 25 heavy (non-hydrogen) atoms. The quantitative estimate of drug-likeness (QED) is 0.789. The van der Waals surface area contributed by atoms with Crippen LogP contribution in [0.4, 0.5) is 13.2 Å². The van der Waals surface area contributed by atoms with E-state index in [4.69, 9.17) is 0 Å². The van der Waals surface area contributed by atoms with Gasteiger partial charge in [0.05, 0.1) is 17.6 Å². The zero-order valence-electron chi connectivity index (χ0n) is 13.3. The van der Waals surface area contributed by atoms with Gasteiger partial charge < -0.3 is 5.11 Å². The molecule has 1 N–H and O–H groups in total. The van der Waals surface area contributed by atoms with Crippen LogP contribution in [0.5, 0.6) is 0 Å². The van der Waals surface area contributed by atoms with Gasteiger partial charge in [0, 0.05) is 10.9 Å². The summed E-state index contributed by atoms with van der Waals surface area (Å²) in [6.45, 7) is -0.363. The molecular weight excluding hydrogens is 333 g/mol. The Morgan fingerprint density at radius 1 is 1.00 bits per heavy atom. The maximum absolute atomic E-state index is 13.0. The van der Waals surface area contributed by atoms with Crippen LogP contribution in [0.2, 0.25) is 0 Å². The summed E-state index contributed by atoms with van der Waals surface area (Å²) < 4.78 is 39.7. The molecule has 0 radical (unpaired) electrons. The highest BCUT2D eigenvalue weighted by Gasteiger charge is 2.50. The average molecular weight is 348 g/mol. The summed E-state index contributed by atoms with van der Waals surface area (Å²) in [7, 11) is 0. The molecule has 130 valence electrons. The van der Waals surface area contributed by atoms with Gasteiger partial charge in [-0.05, 0) is 13.0 Å². The fraction of sp³-hybridized carbons (Fsp3) is 0.222. The second kappa shape index (κ2) is 6.00. The monoisotopic (exact) mass is 348 g/mol. The minimum atomic E-state index is -4.88. The molecule has 0 amide bonds. The molecule has 1 unspecified atom stereocenters. The van der Waals surface area contributed by atoms with Crippen molar-refractivity contribution in [2.24, 2.45) is 0 Å². The first-order valence-corrected chi connectivity index (χ1v) is 7.55. The molecule has 1 aromatic heterocycles. The summed E-state index contributed by atoms with van der Waals surface area (Å²) in [5.74, 6) is 0. The van der Waals surface area contributed by atoms with Crippen LogP contribution < -0.4 is 5.56 Å². The van der Waals surface area contributed by atoms with Crippen molar-refractivity contribution >= 4 is 10.8 Å². The van der Waals surface area contributed by atoms with Crippen LogP contribution in [0.3, 0.4) is 0 Å². The molecule has 0 bridgehead atoms. The van der Waals surface area contributed by atoms with Gasteiger partial charge in [-0.1, -0.05) is 48.5 Å². The van der Waals surface area contributed by atoms with Gasteiger partial charge in [0.2, 0.25) is 0 Å². The third-order valence-electron chi connectivity index (χ3n) is 3.98. The van der Waals surface area contributed by atoms with Crippen molar-refractivity contribution in [2.45, 2.75) is 25.2 Å². The summed E-state index contributed by atoms with van der Waals surface area (Å²) in [6, 6.07) is 15.4. The smallest absolute Gasteiger partial charge is 0.379 e. The predicted molar refractivity (Wildman–Crippen MR) is 88.1 cm³/mol. The van der Waals surface area contributed by atoms with E-state index in [0.717, 1.165) is 0 Å². The van der Waals surface area contributed by atoms with Gasteiger partial charge in [-0.15, -0.1) is 0 Å². The normalized spacial score (nSPS) is 14.4. The molecule has 0 aliphatic heterocycles. The minimum Gasteiger partial charge on any atom is -0.379 e. The predicted octanol–water partition coefficient (Wildman–Crippen LogP) is 3.38. The Hall–Kier alpha value is -2.67. The molecule has 0 saturated carbocycles. The zero-order valence-corrected chi connectivity index (χ0v) is 13.3. The van der Waals surface area contributed by atoms with Gasteiger partial charge in [-0.3, -0.25) is 4.79 Å². The minimum absolute atomic E-state index is 0.245. The van der Waals surface area contributed by atoms with Crippen LogP contribution in [-0.4, -0.2) is 26.7 Å². The lowest BCUT2D eigenvalue weighted by atomic mass is 10.0. The van der Waals surface area contributed by atoms with Crippen LogP contribution in [0.15, 0.2) is 59.4 Å². The zero-order chi connectivity index (χ0) is 18.2. The first kappa shape index (κ1) is 17.2. The Labute approximate surface area is 141 Å². The van der Waals surface area contributed by atoms with Gasteiger partial charge in [0.1, 0.15) is 0 Å². The number of aliphatic hydroxyl groups is 1. The van der Waals surface area contributed by atoms with Crippen molar-refractivity contribution in [3.05, 3.63) is 65.0 Å². The molecule has 0 aliphatic carbocycles. The van der Waals surface area contributed by atoms with E-state index in [1.807, 2.05) is 0 Å². The van der Waals surface area contributed by atoms with Crippen molar-refractivity contribution in [3.63, 3.8) is 0 Å². The van der Waals surface area contributed by atoms with Crippen molar-refractivity contribution in [1.29, 1.82) is 0 Å². The lowest BCUT2D eigenvalue weighted by molar-refractivity contribution is -0.258. The van der Waals surface area contributed by atoms with Gasteiger partial charge in [-0.2, -0.15) is 18.3 Å². The van der Waals surface area contributed by atoms with Gasteiger partial charge in [0.25, 0.3) is 5.56 Å². The van der Waals surface area contributed by atoms with E-state index >= 15 is 0 Å². The molecule has 0 aliphatic rings.